The fraction of sp³-hybridized carbons (Fsp3) is 0.724. The molecule has 4 rings (SSSR count). The molecular weight excluding hydrogens is 590 g/mol. The lowest BCUT2D eigenvalue weighted by Gasteiger charge is -2.38. The Hall–Kier alpha value is -2.45. The van der Waals surface area contributed by atoms with Gasteiger partial charge in [-0.25, -0.2) is 21.9 Å². The highest BCUT2D eigenvalue weighted by Gasteiger charge is 2.51. The highest BCUT2D eigenvalue weighted by molar-refractivity contribution is 7.89. The minimum Gasteiger partial charge on any atom is -0.351 e. The van der Waals surface area contributed by atoms with Gasteiger partial charge in [-0.1, -0.05) is 12.8 Å². The molecule has 2 aliphatic heterocycles. The van der Waals surface area contributed by atoms with E-state index in [4.69, 9.17) is 5.73 Å². The average molecular weight is 634 g/mol. The van der Waals surface area contributed by atoms with Crippen LogP contribution in [-0.4, -0.2) is 74.6 Å². The van der Waals surface area contributed by atoms with Gasteiger partial charge in [-0.05, 0) is 93.0 Å². The number of aryl methyl sites for hydroxylation is 2. The molecule has 1 aromatic carbocycles. The van der Waals surface area contributed by atoms with Crippen molar-refractivity contribution in [3.05, 3.63) is 28.8 Å². The van der Waals surface area contributed by atoms with Crippen molar-refractivity contribution in [2.75, 3.05) is 37.0 Å². The molecule has 0 radical (unpaired) electrons. The summed E-state index contributed by atoms with van der Waals surface area (Å²) in [6, 6.07) is 2.64. The molecule has 2 heterocycles. The molecule has 1 atom stereocenters. The molecule has 1 aliphatic carbocycles. The van der Waals surface area contributed by atoms with E-state index in [-0.39, 0.29) is 62.1 Å². The van der Waals surface area contributed by atoms with Gasteiger partial charge in [0.1, 0.15) is 12.2 Å². The Morgan fingerprint density at radius 1 is 1.12 bits per heavy atom. The zero-order valence-electron chi connectivity index (χ0n) is 24.8. The smallest absolute Gasteiger partial charge is 0.351 e. The standard InChI is InChI=1S/C29H43F4N5O4S/c1-19-17-23(38(15-12-30)27(34)40)18-20(2)24(19)8-16-43(41,42)37-13-10-28(11-14-37)26(39)35-25(36-28)22-5-3-21(4-6-22)7-9-29(31,32)33/h17-18,21-22,25,36H,3-16H2,1-2H3,(H2,34,40)(H,35,39). The summed E-state index contributed by atoms with van der Waals surface area (Å²) in [4.78, 5) is 25.9. The SMILES string of the molecule is Cc1cc(N(CCF)C(N)=O)cc(C)c1CCS(=O)(=O)N1CCC2(CC1)NC(C1CCC(CCC(F)(F)F)CC1)NC2=O. The predicted octanol–water partition coefficient (Wildman–Crippen LogP) is 4.06. The van der Waals surface area contributed by atoms with Gasteiger partial charge in [-0.2, -0.15) is 13.2 Å². The van der Waals surface area contributed by atoms with Gasteiger partial charge in [0.25, 0.3) is 0 Å². The first-order valence-electron chi connectivity index (χ1n) is 15.0. The molecule has 0 bridgehead atoms. The van der Waals surface area contributed by atoms with Crippen LogP contribution in [0.3, 0.4) is 0 Å². The first kappa shape index (κ1) is 33.4. The second kappa shape index (κ2) is 13.3. The quantitative estimate of drug-likeness (QED) is 0.336. The second-order valence-electron chi connectivity index (χ2n) is 12.3. The molecule has 3 aliphatic rings. The van der Waals surface area contributed by atoms with Crippen LogP contribution >= 0.6 is 0 Å². The monoisotopic (exact) mass is 633 g/mol. The molecule has 1 aromatic rings. The highest BCUT2D eigenvalue weighted by atomic mass is 32.2. The van der Waals surface area contributed by atoms with Crippen molar-refractivity contribution in [3.63, 3.8) is 0 Å². The van der Waals surface area contributed by atoms with Gasteiger partial charge in [0.15, 0.2) is 0 Å². The zero-order chi connectivity index (χ0) is 31.6. The molecule has 1 unspecified atom stereocenters. The van der Waals surface area contributed by atoms with Gasteiger partial charge in [0.05, 0.1) is 18.5 Å². The molecule has 242 valence electrons. The molecule has 4 N–H and O–H groups in total. The van der Waals surface area contributed by atoms with Gasteiger partial charge in [0.2, 0.25) is 15.9 Å². The molecular formula is C29H43F4N5O4S. The van der Waals surface area contributed by atoms with E-state index in [9.17, 15) is 35.6 Å². The molecule has 1 saturated carbocycles. The van der Waals surface area contributed by atoms with Crippen LogP contribution in [0.25, 0.3) is 0 Å². The van der Waals surface area contributed by atoms with Crippen LogP contribution in [0.1, 0.15) is 68.1 Å². The van der Waals surface area contributed by atoms with Crippen molar-refractivity contribution in [2.45, 2.75) is 89.5 Å². The van der Waals surface area contributed by atoms with Gasteiger partial charge in [-0.3, -0.25) is 15.0 Å². The Morgan fingerprint density at radius 3 is 2.26 bits per heavy atom. The van der Waals surface area contributed by atoms with Gasteiger partial charge in [0, 0.05) is 25.2 Å². The van der Waals surface area contributed by atoms with Crippen LogP contribution in [-0.2, 0) is 21.2 Å². The number of sulfonamides is 1. The van der Waals surface area contributed by atoms with Crippen LogP contribution in [0.2, 0.25) is 0 Å². The number of amides is 3. The topological polar surface area (TPSA) is 125 Å². The maximum atomic E-state index is 13.3. The number of anilines is 1. The summed E-state index contributed by atoms with van der Waals surface area (Å²) in [6.07, 6.45) is -1.19. The van der Waals surface area contributed by atoms with Crippen LogP contribution in [0.15, 0.2) is 12.1 Å². The minimum atomic E-state index is -4.14. The predicted molar refractivity (Wildman–Crippen MR) is 156 cm³/mol. The molecule has 43 heavy (non-hydrogen) atoms. The van der Waals surface area contributed by atoms with E-state index >= 15 is 0 Å². The molecule has 14 heteroatoms. The molecule has 0 aromatic heterocycles. The van der Waals surface area contributed by atoms with Crippen LogP contribution in [0.4, 0.5) is 28.0 Å². The number of alkyl halides is 4. The fourth-order valence-corrected chi connectivity index (χ4v) is 8.40. The van der Waals surface area contributed by atoms with E-state index in [0.717, 1.165) is 34.4 Å². The van der Waals surface area contributed by atoms with E-state index in [2.05, 4.69) is 10.6 Å². The summed E-state index contributed by atoms with van der Waals surface area (Å²) in [6.45, 7) is 3.12. The highest BCUT2D eigenvalue weighted by Crippen LogP contribution is 2.38. The van der Waals surface area contributed by atoms with Gasteiger partial charge < -0.3 is 11.1 Å². The van der Waals surface area contributed by atoms with E-state index in [0.29, 0.717) is 31.4 Å². The van der Waals surface area contributed by atoms with E-state index in [1.165, 1.54) is 4.31 Å². The number of halogens is 4. The molecule has 3 fully saturated rings. The third-order valence-corrected chi connectivity index (χ3v) is 11.4. The average Bonchev–Trinajstić information content (AvgIpc) is 3.24. The number of carbonyl (C=O) groups is 2. The first-order chi connectivity index (χ1) is 20.1. The number of benzene rings is 1. The van der Waals surface area contributed by atoms with E-state index in [1.807, 2.05) is 13.8 Å². The Morgan fingerprint density at radius 2 is 1.72 bits per heavy atom. The summed E-state index contributed by atoms with van der Waals surface area (Å²) in [5.74, 6) is -0.0747. The third-order valence-electron chi connectivity index (χ3n) is 9.50. The van der Waals surface area contributed by atoms with Crippen molar-refractivity contribution in [2.24, 2.45) is 17.6 Å². The largest absolute Gasteiger partial charge is 0.389 e. The zero-order valence-corrected chi connectivity index (χ0v) is 25.6. The number of hydrogen-bond donors (Lipinski definition) is 3. The van der Waals surface area contributed by atoms with E-state index < -0.39 is 40.9 Å². The number of nitrogens with zero attached hydrogens (tertiary/aromatic N) is 2. The lowest BCUT2D eigenvalue weighted by atomic mass is 9.78. The molecule has 1 spiro atoms. The fourth-order valence-electron chi connectivity index (χ4n) is 6.94. The number of urea groups is 1. The molecule has 2 saturated heterocycles. The molecule has 3 amide bonds. The number of rotatable bonds is 10. The molecule has 9 nitrogen and oxygen atoms in total. The van der Waals surface area contributed by atoms with Crippen LogP contribution in [0, 0.1) is 25.7 Å². The summed E-state index contributed by atoms with van der Waals surface area (Å²) in [5, 5.41) is 6.49. The number of carbonyl (C=O) groups excluding carboxylic acids is 2. The third kappa shape index (κ3) is 7.99. The van der Waals surface area contributed by atoms with E-state index in [1.54, 1.807) is 12.1 Å². The summed E-state index contributed by atoms with van der Waals surface area (Å²) < 4.78 is 78.7. The number of nitrogens with one attached hydrogen (secondary N) is 2. The van der Waals surface area contributed by atoms with Crippen molar-refractivity contribution in [3.8, 4) is 0 Å². The number of nitrogens with two attached hydrogens (primary N) is 1. The van der Waals surface area contributed by atoms with Crippen molar-refractivity contribution in [1.82, 2.24) is 14.9 Å². The lowest BCUT2D eigenvalue weighted by Crippen LogP contribution is -2.56. The lowest BCUT2D eigenvalue weighted by molar-refractivity contribution is -0.138. The van der Waals surface area contributed by atoms with Crippen molar-refractivity contribution in [1.29, 1.82) is 0 Å². The summed E-state index contributed by atoms with van der Waals surface area (Å²) in [7, 11) is -3.62. The number of piperidine rings is 1. The van der Waals surface area contributed by atoms with Crippen LogP contribution in [0.5, 0.6) is 0 Å². The maximum absolute atomic E-state index is 13.3. The summed E-state index contributed by atoms with van der Waals surface area (Å²) in [5.41, 5.74) is 7.39. The Balaban J connectivity index is 1.30. The number of hydrogen-bond acceptors (Lipinski definition) is 5. The van der Waals surface area contributed by atoms with Crippen molar-refractivity contribution >= 4 is 27.6 Å². The summed E-state index contributed by atoms with van der Waals surface area (Å²) >= 11 is 0. The minimum absolute atomic E-state index is 0.0501. The maximum Gasteiger partial charge on any atom is 0.389 e. The van der Waals surface area contributed by atoms with Crippen LogP contribution < -0.4 is 21.3 Å². The first-order valence-corrected chi connectivity index (χ1v) is 16.6. The second-order valence-corrected chi connectivity index (χ2v) is 14.4. The normalized spacial score (nSPS) is 24.7. The number of primary amides is 1. The van der Waals surface area contributed by atoms with Crippen molar-refractivity contribution < 1.29 is 35.6 Å². The Kier molecular flexibility index (Phi) is 10.3. The Bertz CT molecular complexity index is 1250. The van der Waals surface area contributed by atoms with Gasteiger partial charge >= 0.3 is 12.2 Å². The Labute approximate surface area is 251 Å². The van der Waals surface area contributed by atoms with Gasteiger partial charge in [-0.15, -0.1) is 0 Å².